The van der Waals surface area contributed by atoms with E-state index in [1.54, 1.807) is 0 Å². The van der Waals surface area contributed by atoms with Crippen LogP contribution in [0.4, 0.5) is 0 Å². The van der Waals surface area contributed by atoms with Crippen LogP contribution in [0.1, 0.15) is 49.9 Å². The summed E-state index contributed by atoms with van der Waals surface area (Å²) < 4.78 is 0. The molecule has 3 rings (SSSR count). The lowest BCUT2D eigenvalue weighted by Crippen LogP contribution is -2.51. The highest BCUT2D eigenvalue weighted by Gasteiger charge is 2.52. The predicted molar refractivity (Wildman–Crippen MR) is 100 cm³/mol. The molecule has 28 heavy (non-hydrogen) atoms. The topological polar surface area (TPSA) is 135 Å². The molecule has 0 heterocycles. The summed E-state index contributed by atoms with van der Waals surface area (Å²) in [6, 6.07) is 3.56. The molecule has 2 aliphatic rings. The van der Waals surface area contributed by atoms with Crippen molar-refractivity contribution in [3.8, 4) is 11.5 Å². The second kappa shape index (κ2) is 6.90. The zero-order valence-electron chi connectivity index (χ0n) is 15.9. The highest BCUT2D eigenvalue weighted by molar-refractivity contribution is 6.01. The summed E-state index contributed by atoms with van der Waals surface area (Å²) in [7, 11) is 0. The number of aromatic hydroxyl groups is 2. The molecule has 7 heteroatoms. The molecule has 0 radical (unpaired) electrons. The van der Waals surface area contributed by atoms with Crippen LogP contribution in [0.3, 0.4) is 0 Å². The van der Waals surface area contributed by atoms with Gasteiger partial charge in [-0.15, -0.1) is 0 Å². The first-order chi connectivity index (χ1) is 13.0. The molecule has 1 fully saturated rings. The molecule has 1 aromatic carbocycles. The number of carbonyl (C=O) groups is 2. The zero-order chi connectivity index (χ0) is 20.9. The van der Waals surface area contributed by atoms with Gasteiger partial charge in [0.1, 0.15) is 11.5 Å². The lowest BCUT2D eigenvalue weighted by molar-refractivity contribution is -0.152. The van der Waals surface area contributed by atoms with Crippen molar-refractivity contribution >= 4 is 11.8 Å². The van der Waals surface area contributed by atoms with Crippen LogP contribution in [-0.4, -0.2) is 49.5 Å². The van der Waals surface area contributed by atoms with Crippen molar-refractivity contribution in [2.75, 3.05) is 0 Å². The monoisotopic (exact) mass is 390 g/mol. The number of fused-ring (bicyclic) bond motifs is 1. The largest absolute Gasteiger partial charge is 0.508 e. The molecule has 5 N–H and O–H groups in total. The van der Waals surface area contributed by atoms with E-state index in [2.05, 4.69) is 0 Å². The summed E-state index contributed by atoms with van der Waals surface area (Å²) in [5.74, 6) is -2.26. The summed E-state index contributed by atoms with van der Waals surface area (Å²) in [6.45, 7) is 3.70. The Bertz CT molecular complexity index is 841. The van der Waals surface area contributed by atoms with Gasteiger partial charge in [-0.2, -0.15) is 0 Å². The van der Waals surface area contributed by atoms with Crippen LogP contribution in [0, 0.1) is 16.7 Å². The third kappa shape index (κ3) is 3.29. The number of hydrogen-bond acceptors (Lipinski definition) is 6. The van der Waals surface area contributed by atoms with E-state index < -0.39 is 34.8 Å². The maximum Gasteiger partial charge on any atom is 0.310 e. The van der Waals surface area contributed by atoms with Crippen LogP contribution >= 0.6 is 0 Å². The maximum atomic E-state index is 12.8. The number of benzene rings is 1. The molecular weight excluding hydrogens is 364 g/mol. The van der Waals surface area contributed by atoms with Crippen LogP contribution in [0.5, 0.6) is 11.5 Å². The van der Waals surface area contributed by atoms with E-state index in [4.69, 9.17) is 0 Å². The van der Waals surface area contributed by atoms with Crippen molar-refractivity contribution in [3.63, 3.8) is 0 Å². The van der Waals surface area contributed by atoms with Gasteiger partial charge in [-0.3, -0.25) is 9.59 Å². The molecule has 0 amide bonds. The Hall–Kier alpha value is -2.38. The molecule has 4 unspecified atom stereocenters. The predicted octanol–water partition coefficient (Wildman–Crippen LogP) is 2.23. The average molecular weight is 390 g/mol. The number of carboxylic acids is 1. The van der Waals surface area contributed by atoms with Gasteiger partial charge < -0.3 is 25.5 Å². The molecule has 1 saturated carbocycles. The summed E-state index contributed by atoms with van der Waals surface area (Å²) in [5.41, 5.74) is -1.35. The first-order valence-corrected chi connectivity index (χ1v) is 9.33. The number of aliphatic carboxylic acids is 1. The van der Waals surface area contributed by atoms with Gasteiger partial charge in [-0.1, -0.05) is 25.5 Å². The highest BCUT2D eigenvalue weighted by atomic mass is 16.4. The molecule has 2 aliphatic carbocycles. The van der Waals surface area contributed by atoms with E-state index >= 15 is 0 Å². The Balaban J connectivity index is 1.92. The van der Waals surface area contributed by atoms with Crippen LogP contribution in [0.25, 0.3) is 0 Å². The third-order valence-electron chi connectivity index (χ3n) is 6.50. The Morgan fingerprint density at radius 3 is 2.50 bits per heavy atom. The zero-order valence-corrected chi connectivity index (χ0v) is 15.9. The first-order valence-electron chi connectivity index (χ1n) is 9.33. The van der Waals surface area contributed by atoms with Gasteiger partial charge >= 0.3 is 5.97 Å². The number of phenolic OH excluding ortho intramolecular Hbond substituents is 2. The lowest BCUT2D eigenvalue weighted by Gasteiger charge is -2.50. The number of Topliss-reactive ketones (excluding diaryl/α,β-unsaturated/α-hetero) is 1. The van der Waals surface area contributed by atoms with Crippen LogP contribution in [-0.2, 0) is 4.79 Å². The summed E-state index contributed by atoms with van der Waals surface area (Å²) >= 11 is 0. The molecule has 1 aromatic rings. The van der Waals surface area contributed by atoms with Crippen molar-refractivity contribution in [1.29, 1.82) is 0 Å². The number of allylic oxidation sites excluding steroid dienone is 1. The van der Waals surface area contributed by atoms with Crippen molar-refractivity contribution in [1.82, 2.24) is 0 Å². The van der Waals surface area contributed by atoms with Gasteiger partial charge in [0.2, 0.25) is 0 Å². The van der Waals surface area contributed by atoms with E-state index in [1.807, 2.05) is 13.8 Å². The number of ketones is 1. The molecule has 0 aliphatic heterocycles. The van der Waals surface area contributed by atoms with Crippen molar-refractivity contribution in [2.24, 2.45) is 16.7 Å². The minimum absolute atomic E-state index is 0.0809. The molecular formula is C21H26O7. The van der Waals surface area contributed by atoms with Gasteiger partial charge in [0.25, 0.3) is 0 Å². The fourth-order valence-corrected chi connectivity index (χ4v) is 4.75. The Morgan fingerprint density at radius 2 is 1.86 bits per heavy atom. The number of phenols is 2. The number of carbonyl (C=O) groups excluding carboxylic acids is 1. The molecule has 0 spiro atoms. The second-order valence-corrected chi connectivity index (χ2v) is 8.65. The minimum Gasteiger partial charge on any atom is -0.508 e. The average Bonchev–Trinajstić information content (AvgIpc) is 2.61. The summed E-state index contributed by atoms with van der Waals surface area (Å²) in [4.78, 5) is 24.9. The van der Waals surface area contributed by atoms with Gasteiger partial charge in [-0.25, -0.2) is 0 Å². The number of hydrogen-bond donors (Lipinski definition) is 5. The fraction of sp³-hybridized carbons (Fsp3) is 0.524. The second-order valence-electron chi connectivity index (χ2n) is 8.65. The number of aliphatic hydroxyl groups excluding tert-OH is 2. The SMILES string of the molecule is CC1(C)C2CCC(CC(=O)c3cc(O)ccc3O)(C(=O)O)CC2=CC(O)C1O. The maximum absolute atomic E-state index is 12.8. The van der Waals surface area contributed by atoms with Gasteiger partial charge in [0.15, 0.2) is 5.78 Å². The molecule has 0 aromatic heterocycles. The molecule has 4 atom stereocenters. The number of carboxylic acid groups (broad SMARTS) is 1. The van der Waals surface area contributed by atoms with E-state index in [-0.39, 0.29) is 42.2 Å². The smallest absolute Gasteiger partial charge is 0.310 e. The van der Waals surface area contributed by atoms with Crippen molar-refractivity contribution in [2.45, 2.75) is 51.7 Å². The first kappa shape index (κ1) is 20.4. The van der Waals surface area contributed by atoms with Gasteiger partial charge in [-0.05, 0) is 43.4 Å². The van der Waals surface area contributed by atoms with Crippen LogP contribution in [0.15, 0.2) is 29.8 Å². The van der Waals surface area contributed by atoms with E-state index in [1.165, 1.54) is 18.2 Å². The van der Waals surface area contributed by atoms with Gasteiger partial charge in [0, 0.05) is 11.8 Å². The lowest BCUT2D eigenvalue weighted by atomic mass is 9.55. The fourth-order valence-electron chi connectivity index (χ4n) is 4.75. The van der Waals surface area contributed by atoms with Crippen LogP contribution in [0.2, 0.25) is 0 Å². The Labute approximate surface area is 162 Å². The van der Waals surface area contributed by atoms with Crippen molar-refractivity contribution in [3.05, 3.63) is 35.4 Å². The van der Waals surface area contributed by atoms with Crippen LogP contribution < -0.4 is 0 Å². The molecule has 152 valence electrons. The molecule has 7 nitrogen and oxygen atoms in total. The number of aliphatic hydroxyl groups is 2. The number of rotatable bonds is 4. The van der Waals surface area contributed by atoms with E-state index in [0.29, 0.717) is 6.42 Å². The highest BCUT2D eigenvalue weighted by Crippen LogP contribution is 2.54. The summed E-state index contributed by atoms with van der Waals surface area (Å²) in [6.07, 6.45) is -0.0428. The molecule has 0 saturated heterocycles. The summed E-state index contributed by atoms with van der Waals surface area (Å²) in [5, 5.41) is 50.0. The quantitative estimate of drug-likeness (QED) is 0.302. The van der Waals surface area contributed by atoms with E-state index in [9.17, 15) is 35.1 Å². The van der Waals surface area contributed by atoms with E-state index in [0.717, 1.165) is 11.6 Å². The Kier molecular flexibility index (Phi) is 5.02. The standard InChI is InChI=1S/C21H26O7/c1-20(2)14-5-6-21(19(27)28,9-11(14)7-16(24)18(20)26)10-17(25)13-8-12(22)3-4-15(13)23/h3-4,7-8,14,16,18,22-24,26H,5-6,9-10H2,1-2H3,(H,27,28). The Morgan fingerprint density at radius 1 is 1.18 bits per heavy atom. The van der Waals surface area contributed by atoms with Gasteiger partial charge in [0.05, 0.1) is 23.2 Å². The third-order valence-corrected chi connectivity index (χ3v) is 6.50. The van der Waals surface area contributed by atoms with Crippen molar-refractivity contribution < 1.29 is 35.1 Å². The normalized spacial score (nSPS) is 31.6. The molecule has 0 bridgehead atoms. The minimum atomic E-state index is -1.37.